The normalized spacial score (nSPS) is 15.8. The fourth-order valence-electron chi connectivity index (χ4n) is 2.68. The molecular weight excluding hydrogens is 372 g/mol. The van der Waals surface area contributed by atoms with E-state index in [1.807, 2.05) is 5.32 Å². The molecule has 1 N–H and O–H groups in total. The highest BCUT2D eigenvalue weighted by atomic mass is 16.6. The van der Waals surface area contributed by atoms with Crippen LogP contribution in [0.25, 0.3) is 0 Å². The average molecular weight is 394 g/mol. The molecule has 1 atom stereocenters. The van der Waals surface area contributed by atoms with Gasteiger partial charge in [-0.25, -0.2) is 4.79 Å². The Labute approximate surface area is 161 Å². The minimum Gasteiger partial charge on any atom is -0.497 e. The summed E-state index contributed by atoms with van der Waals surface area (Å²) in [5, 5.41) is 1.91. The highest BCUT2D eigenvalue weighted by Gasteiger charge is 2.37. The van der Waals surface area contributed by atoms with E-state index in [-0.39, 0.29) is 25.5 Å². The van der Waals surface area contributed by atoms with Crippen LogP contribution >= 0.6 is 0 Å². The molecule has 0 saturated carbocycles. The van der Waals surface area contributed by atoms with Gasteiger partial charge in [-0.15, -0.1) is 0 Å². The van der Waals surface area contributed by atoms with Crippen molar-refractivity contribution in [2.24, 2.45) is 5.92 Å². The monoisotopic (exact) mass is 394 g/mol. The van der Waals surface area contributed by atoms with Gasteiger partial charge in [-0.1, -0.05) is 0 Å². The number of amides is 3. The van der Waals surface area contributed by atoms with Gasteiger partial charge in [0.05, 0.1) is 32.4 Å². The number of methoxy groups -OCH3 is 2. The van der Waals surface area contributed by atoms with Crippen molar-refractivity contribution in [3.05, 3.63) is 18.2 Å². The lowest BCUT2D eigenvalue weighted by atomic mass is 10.1. The molecule has 0 aliphatic carbocycles. The van der Waals surface area contributed by atoms with Crippen molar-refractivity contribution in [1.29, 1.82) is 0 Å². The van der Waals surface area contributed by atoms with Gasteiger partial charge in [0.15, 0.2) is 6.61 Å². The first-order chi connectivity index (χ1) is 13.4. The summed E-state index contributed by atoms with van der Waals surface area (Å²) in [6.45, 7) is 1.13. The van der Waals surface area contributed by atoms with Gasteiger partial charge in [-0.2, -0.15) is 0 Å². The van der Waals surface area contributed by atoms with E-state index >= 15 is 0 Å². The van der Waals surface area contributed by atoms with Crippen LogP contribution in [0.3, 0.4) is 0 Å². The molecule has 0 spiro atoms. The summed E-state index contributed by atoms with van der Waals surface area (Å²) in [7, 11) is 2.98. The SMILES string of the molecule is CCOC(=O)NC(=O)COC(=O)[C@@H]1CC(=O)N(c2ccc(OC)cc2OC)C1. The first kappa shape index (κ1) is 21.0. The Morgan fingerprint density at radius 1 is 1.18 bits per heavy atom. The molecule has 0 unspecified atom stereocenters. The molecule has 28 heavy (non-hydrogen) atoms. The second kappa shape index (κ2) is 9.58. The Morgan fingerprint density at radius 3 is 2.57 bits per heavy atom. The first-order valence-corrected chi connectivity index (χ1v) is 8.55. The summed E-state index contributed by atoms with van der Waals surface area (Å²) < 4.78 is 19.9. The molecule has 1 heterocycles. The number of benzene rings is 1. The van der Waals surface area contributed by atoms with Gasteiger partial charge >= 0.3 is 12.1 Å². The average Bonchev–Trinajstić information content (AvgIpc) is 3.07. The Balaban J connectivity index is 1.96. The third-order valence-electron chi connectivity index (χ3n) is 4.00. The zero-order valence-electron chi connectivity index (χ0n) is 15.9. The van der Waals surface area contributed by atoms with Gasteiger partial charge in [-0.3, -0.25) is 19.7 Å². The van der Waals surface area contributed by atoms with Crippen LogP contribution in [0.1, 0.15) is 13.3 Å². The zero-order valence-corrected chi connectivity index (χ0v) is 15.9. The van der Waals surface area contributed by atoms with E-state index in [1.54, 1.807) is 25.1 Å². The van der Waals surface area contributed by atoms with E-state index in [9.17, 15) is 19.2 Å². The van der Waals surface area contributed by atoms with Gasteiger partial charge in [0, 0.05) is 19.0 Å². The number of imide groups is 1. The standard InChI is InChI=1S/C18H22N2O8/c1-4-27-18(24)19-15(21)10-28-17(23)11-7-16(22)20(9-11)13-6-5-12(25-2)8-14(13)26-3/h5-6,8,11H,4,7,9-10H2,1-3H3,(H,19,21,24)/t11-/m1/s1. The van der Waals surface area contributed by atoms with Crippen LogP contribution in [0.5, 0.6) is 11.5 Å². The highest BCUT2D eigenvalue weighted by molar-refractivity contribution is 6.01. The smallest absolute Gasteiger partial charge is 0.413 e. The van der Waals surface area contributed by atoms with Crippen molar-refractivity contribution in [3.63, 3.8) is 0 Å². The number of esters is 1. The van der Waals surface area contributed by atoms with Crippen LogP contribution in [-0.4, -0.2) is 57.9 Å². The summed E-state index contributed by atoms with van der Waals surface area (Å²) in [4.78, 5) is 48.7. The molecule has 1 aliphatic rings. The molecule has 152 valence electrons. The molecule has 0 aromatic heterocycles. The molecule has 1 aromatic rings. The number of carbonyl (C=O) groups is 4. The lowest BCUT2D eigenvalue weighted by Crippen LogP contribution is -2.35. The molecule has 1 aliphatic heterocycles. The molecule has 0 bridgehead atoms. The van der Waals surface area contributed by atoms with E-state index in [4.69, 9.17) is 14.2 Å². The quantitative estimate of drug-likeness (QED) is 0.677. The van der Waals surface area contributed by atoms with E-state index in [2.05, 4.69) is 4.74 Å². The van der Waals surface area contributed by atoms with E-state index in [0.717, 1.165) is 0 Å². The fraction of sp³-hybridized carbons (Fsp3) is 0.444. The van der Waals surface area contributed by atoms with Gasteiger partial charge in [0.1, 0.15) is 11.5 Å². The maximum atomic E-state index is 12.4. The number of carbonyl (C=O) groups excluding carboxylic acids is 4. The third kappa shape index (κ3) is 5.12. The van der Waals surface area contributed by atoms with Crippen LogP contribution in [0.15, 0.2) is 18.2 Å². The van der Waals surface area contributed by atoms with Gasteiger partial charge < -0.3 is 23.8 Å². The maximum absolute atomic E-state index is 12.4. The minimum absolute atomic E-state index is 0.0620. The summed E-state index contributed by atoms with van der Waals surface area (Å²) >= 11 is 0. The highest BCUT2D eigenvalue weighted by Crippen LogP contribution is 2.35. The van der Waals surface area contributed by atoms with Gasteiger partial charge in [0.25, 0.3) is 5.91 Å². The molecule has 10 heteroatoms. The van der Waals surface area contributed by atoms with E-state index < -0.39 is 30.5 Å². The first-order valence-electron chi connectivity index (χ1n) is 8.55. The molecule has 1 aromatic carbocycles. The Morgan fingerprint density at radius 2 is 1.93 bits per heavy atom. The lowest BCUT2D eigenvalue weighted by molar-refractivity contribution is -0.152. The molecule has 1 fully saturated rings. The van der Waals surface area contributed by atoms with Gasteiger partial charge in [-0.05, 0) is 19.1 Å². The number of ether oxygens (including phenoxy) is 4. The summed E-state index contributed by atoms with van der Waals surface area (Å²) in [5.74, 6) is -1.55. The van der Waals surface area contributed by atoms with E-state index in [1.165, 1.54) is 19.1 Å². The Kier molecular flexibility index (Phi) is 7.19. The summed E-state index contributed by atoms with van der Waals surface area (Å²) in [6.07, 6.45) is -0.981. The zero-order chi connectivity index (χ0) is 20.7. The number of nitrogens with zero attached hydrogens (tertiary/aromatic N) is 1. The predicted molar refractivity (Wildman–Crippen MR) is 96.1 cm³/mol. The number of rotatable bonds is 7. The van der Waals surface area contributed by atoms with Crippen molar-refractivity contribution < 1.29 is 38.1 Å². The molecule has 1 saturated heterocycles. The maximum Gasteiger partial charge on any atom is 0.413 e. The molecular formula is C18H22N2O8. The van der Waals surface area contributed by atoms with E-state index in [0.29, 0.717) is 17.2 Å². The second-order valence-corrected chi connectivity index (χ2v) is 5.82. The minimum atomic E-state index is -0.919. The van der Waals surface area contributed by atoms with Crippen molar-refractivity contribution in [2.45, 2.75) is 13.3 Å². The molecule has 0 radical (unpaired) electrons. The fourth-order valence-corrected chi connectivity index (χ4v) is 2.68. The third-order valence-corrected chi connectivity index (χ3v) is 4.00. The summed E-state index contributed by atoms with van der Waals surface area (Å²) in [5.41, 5.74) is 0.503. The Bertz CT molecular complexity index is 764. The second-order valence-electron chi connectivity index (χ2n) is 5.82. The topological polar surface area (TPSA) is 120 Å². The predicted octanol–water partition coefficient (Wildman–Crippen LogP) is 0.873. The van der Waals surface area contributed by atoms with Crippen molar-refractivity contribution in [2.75, 3.05) is 38.9 Å². The largest absolute Gasteiger partial charge is 0.497 e. The molecule has 2 rings (SSSR count). The number of nitrogens with one attached hydrogen (secondary N) is 1. The van der Waals surface area contributed by atoms with Crippen LogP contribution in [-0.2, 0) is 23.9 Å². The van der Waals surface area contributed by atoms with Crippen LogP contribution in [0.4, 0.5) is 10.5 Å². The van der Waals surface area contributed by atoms with Crippen LogP contribution in [0.2, 0.25) is 0 Å². The number of anilines is 1. The lowest BCUT2D eigenvalue weighted by Gasteiger charge is -2.20. The van der Waals surface area contributed by atoms with Crippen LogP contribution in [0, 0.1) is 5.92 Å². The number of hydrogen-bond acceptors (Lipinski definition) is 8. The van der Waals surface area contributed by atoms with Crippen LogP contribution < -0.4 is 19.7 Å². The Hall–Kier alpha value is -3.30. The van der Waals surface area contributed by atoms with Crippen molar-refractivity contribution >= 4 is 29.6 Å². The number of alkyl carbamates (subject to hydrolysis) is 1. The summed E-state index contributed by atoms with van der Waals surface area (Å²) in [6, 6.07) is 4.97. The number of hydrogen-bond donors (Lipinski definition) is 1. The van der Waals surface area contributed by atoms with Gasteiger partial charge in [0.2, 0.25) is 5.91 Å². The molecule has 10 nitrogen and oxygen atoms in total. The van der Waals surface area contributed by atoms with Crippen molar-refractivity contribution in [3.8, 4) is 11.5 Å². The van der Waals surface area contributed by atoms with Crippen molar-refractivity contribution in [1.82, 2.24) is 5.32 Å². The molecule has 3 amide bonds.